The van der Waals surface area contributed by atoms with Gasteiger partial charge in [-0.25, -0.2) is 13.2 Å². The number of hydrogen-bond donors (Lipinski definition) is 1. The Labute approximate surface area is 164 Å². The van der Waals surface area contributed by atoms with Crippen LogP contribution < -0.4 is 10.1 Å². The quantitative estimate of drug-likeness (QED) is 0.481. The molecule has 29 heavy (non-hydrogen) atoms. The SMILES string of the molecule is CC(=O)Oc1ccc(F)c(NC(=O)[C@H]2C(=O)N(C)C[C@@H]2c2cc(F)cc(F)c2)c1. The monoisotopic (exact) mass is 406 g/mol. The molecule has 0 radical (unpaired) electrons. The Morgan fingerprint density at radius 3 is 2.38 bits per heavy atom. The molecule has 0 unspecified atom stereocenters. The lowest BCUT2D eigenvalue weighted by Gasteiger charge is -2.17. The average Bonchev–Trinajstić information content (AvgIpc) is 2.92. The Morgan fingerprint density at radius 2 is 1.76 bits per heavy atom. The minimum Gasteiger partial charge on any atom is -0.427 e. The zero-order valence-corrected chi connectivity index (χ0v) is 15.5. The minimum absolute atomic E-state index is 0.00724. The molecule has 2 atom stereocenters. The number of rotatable bonds is 4. The average molecular weight is 406 g/mol. The molecule has 1 saturated heterocycles. The van der Waals surface area contributed by atoms with Crippen LogP contribution in [0.3, 0.4) is 0 Å². The fraction of sp³-hybridized carbons (Fsp3) is 0.250. The number of ether oxygens (including phenoxy) is 1. The second kappa shape index (κ2) is 7.94. The molecule has 1 heterocycles. The van der Waals surface area contributed by atoms with Crippen LogP contribution in [0.1, 0.15) is 18.4 Å². The van der Waals surface area contributed by atoms with E-state index in [1.165, 1.54) is 18.0 Å². The third kappa shape index (κ3) is 4.39. The Bertz CT molecular complexity index is 975. The molecule has 0 bridgehead atoms. The first kappa shape index (κ1) is 20.4. The van der Waals surface area contributed by atoms with Crippen LogP contribution in [-0.4, -0.2) is 36.3 Å². The highest BCUT2D eigenvalue weighted by Crippen LogP contribution is 2.35. The normalized spacial score (nSPS) is 18.7. The van der Waals surface area contributed by atoms with Crippen LogP contribution in [0, 0.1) is 23.4 Å². The van der Waals surface area contributed by atoms with E-state index in [0.717, 1.165) is 31.2 Å². The number of benzene rings is 2. The van der Waals surface area contributed by atoms with Crippen molar-refractivity contribution in [3.05, 3.63) is 59.4 Å². The predicted molar refractivity (Wildman–Crippen MR) is 96.6 cm³/mol. The van der Waals surface area contributed by atoms with E-state index in [4.69, 9.17) is 4.74 Å². The van der Waals surface area contributed by atoms with Crippen molar-refractivity contribution in [3.8, 4) is 5.75 Å². The van der Waals surface area contributed by atoms with Crippen molar-refractivity contribution < 1.29 is 32.3 Å². The number of nitrogens with zero attached hydrogens (tertiary/aromatic N) is 1. The first-order valence-electron chi connectivity index (χ1n) is 8.65. The van der Waals surface area contributed by atoms with E-state index in [2.05, 4.69) is 5.32 Å². The van der Waals surface area contributed by atoms with Crippen LogP contribution in [0.15, 0.2) is 36.4 Å². The van der Waals surface area contributed by atoms with Gasteiger partial charge in [0.25, 0.3) is 0 Å². The molecule has 1 aliphatic heterocycles. The number of likely N-dealkylation sites (N-methyl/N-ethyl adjacent to an activating group) is 1. The lowest BCUT2D eigenvalue weighted by Crippen LogP contribution is -2.33. The third-order valence-electron chi connectivity index (χ3n) is 4.57. The number of amides is 2. The molecule has 3 rings (SSSR count). The molecule has 0 aromatic heterocycles. The Balaban J connectivity index is 1.90. The maximum atomic E-state index is 14.1. The van der Waals surface area contributed by atoms with E-state index in [-0.39, 0.29) is 23.5 Å². The zero-order valence-electron chi connectivity index (χ0n) is 15.5. The second-order valence-corrected chi connectivity index (χ2v) is 6.73. The molecule has 2 aromatic rings. The summed E-state index contributed by atoms with van der Waals surface area (Å²) >= 11 is 0. The van der Waals surface area contributed by atoms with E-state index in [1.54, 1.807) is 0 Å². The van der Waals surface area contributed by atoms with Crippen molar-refractivity contribution >= 4 is 23.5 Å². The summed E-state index contributed by atoms with van der Waals surface area (Å²) in [6.07, 6.45) is 0. The summed E-state index contributed by atoms with van der Waals surface area (Å²) in [7, 11) is 1.46. The van der Waals surface area contributed by atoms with Crippen LogP contribution in [0.25, 0.3) is 0 Å². The topological polar surface area (TPSA) is 75.7 Å². The summed E-state index contributed by atoms with van der Waals surface area (Å²) in [4.78, 5) is 37.6. The standard InChI is InChI=1S/C20H17F3N2O4/c1-10(26)29-14-3-4-16(23)17(8-14)24-19(27)18-15(9-25(2)20(18)28)11-5-12(21)7-13(22)6-11/h3-8,15,18H,9H2,1-2H3,(H,24,27)/t15-,18+/m1/s1. The van der Waals surface area contributed by atoms with Crippen LogP contribution in [-0.2, 0) is 14.4 Å². The van der Waals surface area contributed by atoms with Crippen molar-refractivity contribution in [2.45, 2.75) is 12.8 Å². The smallest absolute Gasteiger partial charge is 0.308 e. The molecule has 152 valence electrons. The van der Waals surface area contributed by atoms with Gasteiger partial charge in [0.05, 0.1) is 5.69 Å². The van der Waals surface area contributed by atoms with Crippen molar-refractivity contribution in [1.82, 2.24) is 4.90 Å². The van der Waals surface area contributed by atoms with E-state index < -0.39 is 47.1 Å². The van der Waals surface area contributed by atoms with Crippen molar-refractivity contribution in [2.24, 2.45) is 5.92 Å². The first-order chi connectivity index (χ1) is 13.7. The van der Waals surface area contributed by atoms with Gasteiger partial charge in [0.1, 0.15) is 29.1 Å². The molecule has 0 saturated carbocycles. The highest BCUT2D eigenvalue weighted by Gasteiger charge is 2.44. The Kier molecular flexibility index (Phi) is 5.58. The molecular formula is C20H17F3N2O4. The summed E-state index contributed by atoms with van der Waals surface area (Å²) in [6.45, 7) is 1.23. The Hall–Kier alpha value is -3.36. The van der Waals surface area contributed by atoms with Gasteiger partial charge in [-0.15, -0.1) is 0 Å². The van der Waals surface area contributed by atoms with Gasteiger partial charge in [0, 0.05) is 38.6 Å². The molecule has 1 aliphatic rings. The van der Waals surface area contributed by atoms with Gasteiger partial charge in [0.2, 0.25) is 11.8 Å². The highest BCUT2D eigenvalue weighted by molar-refractivity contribution is 6.08. The van der Waals surface area contributed by atoms with Gasteiger partial charge in [0.15, 0.2) is 0 Å². The van der Waals surface area contributed by atoms with Crippen molar-refractivity contribution in [1.29, 1.82) is 0 Å². The molecule has 0 spiro atoms. The van der Waals surface area contributed by atoms with Crippen molar-refractivity contribution in [2.75, 3.05) is 18.9 Å². The molecule has 1 N–H and O–H groups in total. The Morgan fingerprint density at radius 1 is 1.10 bits per heavy atom. The summed E-state index contributed by atoms with van der Waals surface area (Å²) < 4.78 is 46.2. The van der Waals surface area contributed by atoms with Crippen LogP contribution in [0.5, 0.6) is 5.75 Å². The van der Waals surface area contributed by atoms with Crippen LogP contribution >= 0.6 is 0 Å². The summed E-state index contributed by atoms with van der Waals surface area (Å²) in [5, 5.41) is 2.31. The second-order valence-electron chi connectivity index (χ2n) is 6.73. The van der Waals surface area contributed by atoms with E-state index >= 15 is 0 Å². The largest absolute Gasteiger partial charge is 0.427 e. The van der Waals surface area contributed by atoms with Gasteiger partial charge < -0.3 is 15.0 Å². The predicted octanol–water partition coefficient (Wildman–Crippen LogP) is 2.84. The first-order valence-corrected chi connectivity index (χ1v) is 8.65. The minimum atomic E-state index is -1.31. The van der Waals surface area contributed by atoms with E-state index in [9.17, 15) is 27.6 Å². The molecule has 2 aromatic carbocycles. The molecule has 1 fully saturated rings. The lowest BCUT2D eigenvalue weighted by atomic mass is 9.87. The summed E-state index contributed by atoms with van der Waals surface area (Å²) in [5.74, 6) is -6.62. The molecule has 2 amide bonds. The molecule has 6 nitrogen and oxygen atoms in total. The maximum Gasteiger partial charge on any atom is 0.308 e. The highest BCUT2D eigenvalue weighted by atomic mass is 19.1. The number of carbonyl (C=O) groups is 3. The zero-order chi connectivity index (χ0) is 21.3. The number of halogens is 3. The van der Waals surface area contributed by atoms with Crippen LogP contribution in [0.2, 0.25) is 0 Å². The van der Waals surface area contributed by atoms with E-state index in [1.807, 2.05) is 0 Å². The summed E-state index contributed by atoms with van der Waals surface area (Å²) in [6, 6.07) is 6.11. The number of esters is 1. The van der Waals surface area contributed by atoms with Crippen LogP contribution in [0.4, 0.5) is 18.9 Å². The van der Waals surface area contributed by atoms with Gasteiger partial charge in [-0.1, -0.05) is 0 Å². The molecule has 0 aliphatic carbocycles. The fourth-order valence-corrected chi connectivity index (χ4v) is 3.32. The maximum absolute atomic E-state index is 14.1. The van der Waals surface area contributed by atoms with E-state index in [0.29, 0.717) is 6.07 Å². The van der Waals surface area contributed by atoms with Crippen molar-refractivity contribution in [3.63, 3.8) is 0 Å². The number of likely N-dealkylation sites (tertiary alicyclic amines) is 1. The number of anilines is 1. The van der Waals surface area contributed by atoms with Gasteiger partial charge >= 0.3 is 5.97 Å². The third-order valence-corrected chi connectivity index (χ3v) is 4.57. The number of hydrogen-bond acceptors (Lipinski definition) is 4. The molecule has 9 heteroatoms. The van der Waals surface area contributed by atoms with Gasteiger partial charge in [-0.05, 0) is 29.8 Å². The summed E-state index contributed by atoms with van der Waals surface area (Å²) in [5.41, 5.74) is -0.144. The van der Waals surface area contributed by atoms with Gasteiger partial charge in [-0.3, -0.25) is 14.4 Å². The van der Waals surface area contributed by atoms with Gasteiger partial charge in [-0.2, -0.15) is 0 Å². The number of carbonyl (C=O) groups excluding carboxylic acids is 3. The fourth-order valence-electron chi connectivity index (χ4n) is 3.32. The molecular weight excluding hydrogens is 389 g/mol. The number of nitrogens with one attached hydrogen (secondary N) is 1. The lowest BCUT2D eigenvalue weighted by molar-refractivity contribution is -0.135.